The van der Waals surface area contributed by atoms with Crippen molar-refractivity contribution < 1.29 is 14.6 Å². The Hall–Kier alpha value is -0.930. The van der Waals surface area contributed by atoms with E-state index in [0.717, 1.165) is 25.2 Å². The minimum atomic E-state index is -0.0963. The maximum absolute atomic E-state index is 13.2. The Labute approximate surface area is 84.7 Å². The Bertz CT molecular complexity index is 274. The molecule has 0 heterocycles. The molecule has 78 valence electrons. The van der Waals surface area contributed by atoms with E-state index >= 15 is 0 Å². The molecule has 3 heteroatoms. The predicted octanol–water partition coefficient (Wildman–Crippen LogP) is -0.966. The molecule has 3 N–H and O–H groups in total. The number of benzene rings is 1. The summed E-state index contributed by atoms with van der Waals surface area (Å²) in [6.45, 7) is 2.88. The highest BCUT2D eigenvalue weighted by atomic mass is 19.1. The zero-order chi connectivity index (χ0) is 10.4. The number of nitrogens with one attached hydrogen (secondary N) is 1. The summed E-state index contributed by atoms with van der Waals surface area (Å²) in [5, 5.41) is 2.14. The van der Waals surface area contributed by atoms with Crippen LogP contribution in [0.3, 0.4) is 0 Å². The summed E-state index contributed by atoms with van der Waals surface area (Å²) in [7, 11) is 4.24. The van der Waals surface area contributed by atoms with Crippen LogP contribution in [0.15, 0.2) is 24.3 Å². The van der Waals surface area contributed by atoms with Crippen LogP contribution in [0, 0.1) is 5.82 Å². The molecule has 1 aromatic rings. The van der Waals surface area contributed by atoms with Crippen LogP contribution in [0.5, 0.6) is 0 Å². The monoisotopic (exact) mass is 198 g/mol. The lowest BCUT2D eigenvalue weighted by Crippen LogP contribution is -3.09. The second-order valence-corrected chi connectivity index (χ2v) is 3.83. The largest absolute Gasteiger partial charge is 0.338 e. The first kappa shape index (κ1) is 11.1. The number of likely N-dealkylation sites (N-methyl/N-ethyl adjacent to an activating group) is 1. The number of hydrogen-bond acceptors (Lipinski definition) is 0. The summed E-state index contributed by atoms with van der Waals surface area (Å²) in [5.74, 6) is -0.0963. The molecule has 0 aliphatic rings. The maximum Gasteiger partial charge on any atom is 0.132 e. The van der Waals surface area contributed by atoms with Crippen molar-refractivity contribution in [3.8, 4) is 0 Å². The van der Waals surface area contributed by atoms with Gasteiger partial charge in [-0.05, 0) is 6.07 Å². The van der Waals surface area contributed by atoms with Gasteiger partial charge in [-0.3, -0.25) is 0 Å². The minimum Gasteiger partial charge on any atom is -0.338 e. The van der Waals surface area contributed by atoms with Crippen molar-refractivity contribution in [2.45, 2.75) is 6.54 Å². The van der Waals surface area contributed by atoms with Crippen LogP contribution >= 0.6 is 0 Å². The number of quaternary nitrogens is 2. The fourth-order valence-electron chi connectivity index (χ4n) is 1.31. The standard InChI is InChI=1S/C11H17FN2/c1-14(2)8-7-13-9-10-5-3-4-6-11(10)12/h3-6,13H,7-9H2,1-2H3/p+2. The molecule has 0 unspecified atom stereocenters. The molecule has 0 amide bonds. The predicted molar refractivity (Wildman–Crippen MR) is 54.6 cm³/mol. The Morgan fingerprint density at radius 1 is 1.29 bits per heavy atom. The van der Waals surface area contributed by atoms with Gasteiger partial charge in [0.25, 0.3) is 0 Å². The molecule has 0 bridgehead atoms. The van der Waals surface area contributed by atoms with Gasteiger partial charge in [-0.25, -0.2) is 4.39 Å². The SMILES string of the molecule is C[NH+](C)CC[NH2+]Cc1ccccc1F. The molecular weight excluding hydrogens is 179 g/mol. The number of nitrogens with two attached hydrogens (primary N) is 1. The molecule has 1 rings (SSSR count). The fraction of sp³-hybridized carbons (Fsp3) is 0.455. The Morgan fingerprint density at radius 3 is 2.64 bits per heavy atom. The van der Waals surface area contributed by atoms with Gasteiger partial charge in [0.1, 0.15) is 25.5 Å². The summed E-state index contributed by atoms with van der Waals surface area (Å²) >= 11 is 0. The van der Waals surface area contributed by atoms with Crippen molar-refractivity contribution >= 4 is 0 Å². The summed E-state index contributed by atoms with van der Waals surface area (Å²) < 4.78 is 13.2. The lowest BCUT2D eigenvalue weighted by atomic mass is 10.2. The first-order chi connectivity index (χ1) is 6.70. The maximum atomic E-state index is 13.2. The second-order valence-electron chi connectivity index (χ2n) is 3.83. The van der Waals surface area contributed by atoms with Crippen molar-refractivity contribution in [3.63, 3.8) is 0 Å². The molecule has 0 aromatic heterocycles. The van der Waals surface area contributed by atoms with E-state index in [-0.39, 0.29) is 5.82 Å². The Morgan fingerprint density at radius 2 is 2.00 bits per heavy atom. The third-order valence-electron chi connectivity index (χ3n) is 2.17. The minimum absolute atomic E-state index is 0.0963. The van der Waals surface area contributed by atoms with Crippen LogP contribution in [-0.2, 0) is 6.54 Å². The third-order valence-corrected chi connectivity index (χ3v) is 2.17. The summed E-state index contributed by atoms with van der Waals surface area (Å²) in [5.41, 5.74) is 0.793. The molecule has 14 heavy (non-hydrogen) atoms. The van der Waals surface area contributed by atoms with E-state index in [4.69, 9.17) is 0 Å². The van der Waals surface area contributed by atoms with Gasteiger partial charge in [-0.2, -0.15) is 0 Å². The van der Waals surface area contributed by atoms with Gasteiger partial charge in [-0.1, -0.05) is 18.2 Å². The molecule has 0 saturated carbocycles. The van der Waals surface area contributed by atoms with E-state index in [2.05, 4.69) is 19.4 Å². The molecular formula is C11H19FN2+2. The van der Waals surface area contributed by atoms with Gasteiger partial charge in [0, 0.05) is 5.56 Å². The van der Waals surface area contributed by atoms with Gasteiger partial charge < -0.3 is 10.2 Å². The van der Waals surface area contributed by atoms with Gasteiger partial charge in [0.15, 0.2) is 0 Å². The number of halogens is 1. The average Bonchev–Trinajstić information content (AvgIpc) is 2.15. The highest BCUT2D eigenvalue weighted by molar-refractivity contribution is 5.15. The van der Waals surface area contributed by atoms with E-state index in [1.807, 2.05) is 12.1 Å². The average molecular weight is 198 g/mol. The van der Waals surface area contributed by atoms with Crippen LogP contribution in [0.25, 0.3) is 0 Å². The summed E-state index contributed by atoms with van der Waals surface area (Å²) in [6, 6.07) is 6.96. The second kappa shape index (κ2) is 5.73. The molecule has 0 atom stereocenters. The van der Waals surface area contributed by atoms with Crippen molar-refractivity contribution in [1.29, 1.82) is 0 Å². The fourth-order valence-corrected chi connectivity index (χ4v) is 1.31. The highest BCUT2D eigenvalue weighted by Gasteiger charge is 2.02. The third kappa shape index (κ3) is 3.85. The molecule has 0 aliphatic carbocycles. The molecule has 2 nitrogen and oxygen atoms in total. The first-order valence-electron chi connectivity index (χ1n) is 5.04. The van der Waals surface area contributed by atoms with Crippen molar-refractivity contribution in [1.82, 2.24) is 0 Å². The number of rotatable bonds is 5. The topological polar surface area (TPSA) is 21.1 Å². The lowest BCUT2D eigenvalue weighted by Gasteiger charge is -2.06. The van der Waals surface area contributed by atoms with Crippen LogP contribution in [0.4, 0.5) is 4.39 Å². The normalized spacial score (nSPS) is 10.9. The zero-order valence-electron chi connectivity index (χ0n) is 8.89. The molecule has 0 radical (unpaired) electrons. The van der Waals surface area contributed by atoms with Crippen molar-refractivity contribution in [3.05, 3.63) is 35.6 Å². The Balaban J connectivity index is 2.28. The van der Waals surface area contributed by atoms with E-state index in [0.29, 0.717) is 0 Å². The summed E-state index contributed by atoms with van der Waals surface area (Å²) in [6.07, 6.45) is 0. The van der Waals surface area contributed by atoms with Gasteiger partial charge >= 0.3 is 0 Å². The van der Waals surface area contributed by atoms with Crippen molar-refractivity contribution in [2.24, 2.45) is 0 Å². The lowest BCUT2D eigenvalue weighted by molar-refractivity contribution is -0.875. The van der Waals surface area contributed by atoms with E-state index in [9.17, 15) is 4.39 Å². The van der Waals surface area contributed by atoms with E-state index in [1.165, 1.54) is 11.0 Å². The highest BCUT2D eigenvalue weighted by Crippen LogP contribution is 2.03. The van der Waals surface area contributed by atoms with E-state index < -0.39 is 0 Å². The first-order valence-corrected chi connectivity index (χ1v) is 5.04. The van der Waals surface area contributed by atoms with Crippen LogP contribution in [0.1, 0.15) is 5.56 Å². The number of hydrogen-bond donors (Lipinski definition) is 2. The molecule has 0 spiro atoms. The van der Waals surface area contributed by atoms with Crippen molar-refractivity contribution in [2.75, 3.05) is 27.2 Å². The van der Waals surface area contributed by atoms with Crippen LogP contribution in [0.2, 0.25) is 0 Å². The Kier molecular flexibility index (Phi) is 4.56. The van der Waals surface area contributed by atoms with Gasteiger partial charge in [-0.15, -0.1) is 0 Å². The van der Waals surface area contributed by atoms with Crippen LogP contribution in [-0.4, -0.2) is 27.2 Å². The quantitative estimate of drug-likeness (QED) is 0.568. The molecule has 1 aromatic carbocycles. The van der Waals surface area contributed by atoms with E-state index in [1.54, 1.807) is 6.07 Å². The van der Waals surface area contributed by atoms with Gasteiger partial charge in [0.2, 0.25) is 0 Å². The molecule has 0 saturated heterocycles. The molecule has 0 fully saturated rings. The summed E-state index contributed by atoms with van der Waals surface area (Å²) in [4.78, 5) is 1.43. The van der Waals surface area contributed by atoms with Gasteiger partial charge in [0.05, 0.1) is 14.1 Å². The molecule has 0 aliphatic heterocycles. The smallest absolute Gasteiger partial charge is 0.132 e. The zero-order valence-corrected chi connectivity index (χ0v) is 8.89. The van der Waals surface area contributed by atoms with Crippen LogP contribution < -0.4 is 10.2 Å².